The molecule has 1 saturated carbocycles. The molecule has 3 rings (SSSR count). The lowest BCUT2D eigenvalue weighted by molar-refractivity contribution is -0.130. The highest BCUT2D eigenvalue weighted by Gasteiger charge is 2.26. The van der Waals surface area contributed by atoms with Crippen molar-refractivity contribution in [2.24, 2.45) is 5.92 Å². The zero-order chi connectivity index (χ0) is 19.9. The Morgan fingerprint density at radius 3 is 2.57 bits per heavy atom. The van der Waals surface area contributed by atoms with E-state index < -0.39 is 12.1 Å². The average molecular weight is 389 g/mol. The van der Waals surface area contributed by atoms with E-state index >= 15 is 0 Å². The van der Waals surface area contributed by atoms with Crippen molar-refractivity contribution < 1.29 is 23.8 Å². The Balaban J connectivity index is 1.45. The lowest BCUT2D eigenvalue weighted by Gasteiger charge is -2.30. The standard InChI is InChI=1S/C22H31NO5/c1-15-6-3-4-8-20(15)23-21(24)16(2)28-22(25)17-9-11-18(12-10-17)27-14-19-7-5-13-26-19/h9-12,15-16,19-20H,3-8,13-14H2,1-2H3,(H,23,24)/t15-,16+,19-,20+/m0/s1. The second-order valence-corrected chi connectivity index (χ2v) is 7.89. The molecule has 1 saturated heterocycles. The van der Waals surface area contributed by atoms with E-state index in [0.29, 0.717) is 23.8 Å². The zero-order valence-corrected chi connectivity index (χ0v) is 16.8. The van der Waals surface area contributed by atoms with Crippen LogP contribution >= 0.6 is 0 Å². The maximum Gasteiger partial charge on any atom is 0.338 e. The molecule has 0 bridgehead atoms. The van der Waals surface area contributed by atoms with Crippen LogP contribution in [-0.4, -0.2) is 43.3 Å². The van der Waals surface area contributed by atoms with E-state index in [9.17, 15) is 9.59 Å². The van der Waals surface area contributed by atoms with Crippen molar-refractivity contribution in [1.29, 1.82) is 0 Å². The summed E-state index contributed by atoms with van der Waals surface area (Å²) in [6.45, 7) is 5.08. The summed E-state index contributed by atoms with van der Waals surface area (Å²) in [5.41, 5.74) is 0.398. The van der Waals surface area contributed by atoms with Crippen molar-refractivity contribution in [3.05, 3.63) is 29.8 Å². The lowest BCUT2D eigenvalue weighted by atomic mass is 9.86. The maximum absolute atomic E-state index is 12.4. The first-order valence-corrected chi connectivity index (χ1v) is 10.4. The SMILES string of the molecule is C[C@@H](OC(=O)c1ccc(OC[C@@H]2CCCO2)cc1)C(=O)N[C@@H]1CCCC[C@@H]1C. The second kappa shape index (κ2) is 9.92. The third kappa shape index (κ3) is 5.71. The summed E-state index contributed by atoms with van der Waals surface area (Å²) in [6.07, 6.45) is 5.87. The van der Waals surface area contributed by atoms with Gasteiger partial charge in [-0.2, -0.15) is 0 Å². The Morgan fingerprint density at radius 2 is 1.89 bits per heavy atom. The van der Waals surface area contributed by atoms with E-state index in [0.717, 1.165) is 38.7 Å². The Bertz CT molecular complexity index is 653. The van der Waals surface area contributed by atoms with Gasteiger partial charge >= 0.3 is 5.97 Å². The highest BCUT2D eigenvalue weighted by Crippen LogP contribution is 2.24. The van der Waals surface area contributed by atoms with Crippen LogP contribution in [0.5, 0.6) is 5.75 Å². The van der Waals surface area contributed by atoms with Gasteiger partial charge in [0.25, 0.3) is 5.91 Å². The molecule has 2 aliphatic rings. The van der Waals surface area contributed by atoms with Gasteiger partial charge in [0, 0.05) is 12.6 Å². The number of rotatable bonds is 7. The van der Waals surface area contributed by atoms with Crippen LogP contribution in [0.25, 0.3) is 0 Å². The molecule has 0 spiro atoms. The van der Waals surface area contributed by atoms with Crippen LogP contribution in [0.4, 0.5) is 0 Å². The van der Waals surface area contributed by atoms with Gasteiger partial charge in [-0.05, 0) is 62.8 Å². The predicted octanol–water partition coefficient (Wildman–Crippen LogP) is 3.48. The van der Waals surface area contributed by atoms with Crippen molar-refractivity contribution in [3.63, 3.8) is 0 Å². The highest BCUT2D eigenvalue weighted by atomic mass is 16.5. The fraction of sp³-hybridized carbons (Fsp3) is 0.636. The number of nitrogens with one attached hydrogen (secondary N) is 1. The molecule has 1 amide bonds. The van der Waals surface area contributed by atoms with Crippen molar-refractivity contribution in [3.8, 4) is 5.75 Å². The van der Waals surface area contributed by atoms with Gasteiger partial charge in [0.1, 0.15) is 12.4 Å². The summed E-state index contributed by atoms with van der Waals surface area (Å²) in [5, 5.41) is 3.03. The fourth-order valence-electron chi connectivity index (χ4n) is 3.77. The molecule has 2 fully saturated rings. The number of amides is 1. The van der Waals surface area contributed by atoms with Gasteiger partial charge in [0.05, 0.1) is 11.7 Å². The molecule has 28 heavy (non-hydrogen) atoms. The van der Waals surface area contributed by atoms with E-state index in [2.05, 4.69) is 12.2 Å². The largest absolute Gasteiger partial charge is 0.491 e. The molecule has 0 unspecified atom stereocenters. The second-order valence-electron chi connectivity index (χ2n) is 7.89. The van der Waals surface area contributed by atoms with Crippen LogP contribution < -0.4 is 10.1 Å². The van der Waals surface area contributed by atoms with Gasteiger partial charge in [-0.3, -0.25) is 4.79 Å². The fourth-order valence-corrected chi connectivity index (χ4v) is 3.77. The van der Waals surface area contributed by atoms with E-state index in [-0.39, 0.29) is 18.1 Å². The summed E-state index contributed by atoms with van der Waals surface area (Å²) in [4.78, 5) is 24.7. The summed E-state index contributed by atoms with van der Waals surface area (Å²) < 4.78 is 16.6. The summed E-state index contributed by atoms with van der Waals surface area (Å²) in [7, 11) is 0. The normalized spacial score (nSPS) is 25.7. The number of hydrogen-bond acceptors (Lipinski definition) is 5. The van der Waals surface area contributed by atoms with Gasteiger partial charge in [-0.15, -0.1) is 0 Å². The first-order chi connectivity index (χ1) is 13.5. The molecule has 1 aromatic rings. The minimum Gasteiger partial charge on any atom is -0.491 e. The van der Waals surface area contributed by atoms with Crippen LogP contribution in [0.15, 0.2) is 24.3 Å². The van der Waals surface area contributed by atoms with Gasteiger partial charge in [0.15, 0.2) is 6.10 Å². The van der Waals surface area contributed by atoms with Gasteiger partial charge in [0.2, 0.25) is 0 Å². The number of esters is 1. The molecule has 1 aromatic carbocycles. The zero-order valence-electron chi connectivity index (χ0n) is 16.8. The van der Waals surface area contributed by atoms with Gasteiger partial charge in [-0.1, -0.05) is 19.8 Å². The molecular formula is C22H31NO5. The topological polar surface area (TPSA) is 73.9 Å². The number of carbonyl (C=O) groups is 2. The van der Waals surface area contributed by atoms with Gasteiger partial charge < -0.3 is 19.5 Å². The van der Waals surface area contributed by atoms with Crippen LogP contribution in [0, 0.1) is 5.92 Å². The lowest BCUT2D eigenvalue weighted by Crippen LogP contribution is -2.45. The van der Waals surface area contributed by atoms with Crippen molar-refractivity contribution in [1.82, 2.24) is 5.32 Å². The first kappa shape index (κ1) is 20.6. The highest BCUT2D eigenvalue weighted by molar-refractivity contribution is 5.92. The molecule has 1 aliphatic heterocycles. The van der Waals surface area contributed by atoms with E-state index in [1.54, 1.807) is 31.2 Å². The molecule has 0 aromatic heterocycles. The number of hydrogen-bond donors (Lipinski definition) is 1. The Morgan fingerprint density at radius 1 is 1.14 bits per heavy atom. The Kier molecular flexibility index (Phi) is 7.31. The Labute approximate surface area is 166 Å². The van der Waals surface area contributed by atoms with E-state index in [1.807, 2.05) is 0 Å². The first-order valence-electron chi connectivity index (χ1n) is 10.4. The molecule has 0 radical (unpaired) electrons. The molecule has 1 aliphatic carbocycles. The number of benzene rings is 1. The monoisotopic (exact) mass is 389 g/mol. The van der Waals surface area contributed by atoms with Crippen molar-refractivity contribution in [2.75, 3.05) is 13.2 Å². The molecule has 6 nitrogen and oxygen atoms in total. The number of ether oxygens (including phenoxy) is 3. The smallest absolute Gasteiger partial charge is 0.338 e. The van der Waals surface area contributed by atoms with Crippen LogP contribution in [-0.2, 0) is 14.3 Å². The molecule has 154 valence electrons. The molecule has 6 heteroatoms. The molecular weight excluding hydrogens is 358 g/mol. The van der Waals surface area contributed by atoms with Gasteiger partial charge in [-0.25, -0.2) is 4.79 Å². The predicted molar refractivity (Wildman–Crippen MR) is 105 cm³/mol. The third-order valence-corrected chi connectivity index (χ3v) is 5.64. The minimum absolute atomic E-state index is 0.149. The van der Waals surface area contributed by atoms with E-state index in [1.165, 1.54) is 6.42 Å². The Hall–Kier alpha value is -2.08. The van der Waals surface area contributed by atoms with Crippen LogP contribution in [0.1, 0.15) is 62.7 Å². The van der Waals surface area contributed by atoms with Crippen molar-refractivity contribution in [2.45, 2.75) is 70.6 Å². The third-order valence-electron chi connectivity index (χ3n) is 5.64. The van der Waals surface area contributed by atoms with E-state index in [4.69, 9.17) is 14.2 Å². The average Bonchev–Trinajstić information content (AvgIpc) is 3.22. The molecule has 1 heterocycles. The van der Waals surface area contributed by atoms with Crippen molar-refractivity contribution >= 4 is 11.9 Å². The minimum atomic E-state index is -0.822. The quantitative estimate of drug-likeness (QED) is 0.723. The number of carbonyl (C=O) groups excluding carboxylic acids is 2. The molecule has 4 atom stereocenters. The summed E-state index contributed by atoms with van der Waals surface area (Å²) in [6, 6.07) is 6.95. The molecule has 1 N–H and O–H groups in total. The van der Waals surface area contributed by atoms with Crippen LogP contribution in [0.2, 0.25) is 0 Å². The summed E-state index contributed by atoms with van der Waals surface area (Å²) >= 11 is 0. The summed E-state index contributed by atoms with van der Waals surface area (Å²) in [5.74, 6) is 0.403. The maximum atomic E-state index is 12.4. The van der Waals surface area contributed by atoms with Crippen LogP contribution in [0.3, 0.4) is 0 Å².